The minimum Gasteiger partial charge on any atom is -0.508 e. The third-order valence-corrected chi connectivity index (χ3v) is 4.69. The molecule has 2 N–H and O–H groups in total. The Bertz CT molecular complexity index is 551. The number of piperazine rings is 1. The van der Waals surface area contributed by atoms with Gasteiger partial charge in [-0.1, -0.05) is 6.42 Å². The maximum Gasteiger partial charge on any atom is 0.573 e. The van der Waals surface area contributed by atoms with Crippen LogP contribution in [0.25, 0.3) is 0 Å². The van der Waals surface area contributed by atoms with Crippen LogP contribution in [0, 0.1) is 5.92 Å². The van der Waals surface area contributed by atoms with Crippen LogP contribution in [0.1, 0.15) is 30.9 Å². The lowest BCUT2D eigenvalue weighted by molar-refractivity contribution is -0.274. The molecule has 0 amide bonds. The lowest BCUT2D eigenvalue weighted by Gasteiger charge is -2.43. The standard InChI is InChI=1S/C16H21F3N2O2.2ClH/c17-16(18,19)23-12-4-5-14(22)13(10-12)15(11-2-1-3-11)21-8-6-20-7-9-21;;/h4-5,10-11,15,20,22H,1-3,6-9H2;2*1H/t15-;;/m1../s1. The minimum atomic E-state index is -4.73. The van der Waals surface area contributed by atoms with Gasteiger partial charge in [-0.15, -0.1) is 38.0 Å². The molecule has 0 aromatic heterocycles. The van der Waals surface area contributed by atoms with Gasteiger partial charge in [0.2, 0.25) is 0 Å². The van der Waals surface area contributed by atoms with E-state index >= 15 is 0 Å². The van der Waals surface area contributed by atoms with Crippen LogP contribution < -0.4 is 10.1 Å². The van der Waals surface area contributed by atoms with E-state index in [1.165, 1.54) is 12.1 Å². The Labute approximate surface area is 157 Å². The number of halogens is 5. The highest BCUT2D eigenvalue weighted by atomic mass is 35.5. The van der Waals surface area contributed by atoms with E-state index in [1.807, 2.05) is 0 Å². The third kappa shape index (κ3) is 5.54. The molecule has 0 radical (unpaired) electrons. The van der Waals surface area contributed by atoms with Crippen molar-refractivity contribution in [2.75, 3.05) is 26.2 Å². The number of hydrogen-bond donors (Lipinski definition) is 2. The van der Waals surface area contributed by atoms with Gasteiger partial charge in [0.1, 0.15) is 11.5 Å². The van der Waals surface area contributed by atoms with Gasteiger partial charge in [0.15, 0.2) is 0 Å². The molecule has 144 valence electrons. The number of alkyl halides is 3. The fourth-order valence-corrected chi connectivity index (χ4v) is 3.43. The van der Waals surface area contributed by atoms with Crippen LogP contribution in [0.3, 0.4) is 0 Å². The summed E-state index contributed by atoms with van der Waals surface area (Å²) in [6.07, 6.45) is -1.52. The van der Waals surface area contributed by atoms with Crippen LogP contribution >= 0.6 is 24.8 Å². The first-order chi connectivity index (χ1) is 10.9. The summed E-state index contributed by atoms with van der Waals surface area (Å²) in [5.74, 6) is 0.139. The van der Waals surface area contributed by atoms with Crippen LogP contribution in [-0.4, -0.2) is 42.5 Å². The fraction of sp³-hybridized carbons (Fsp3) is 0.625. The zero-order valence-corrected chi connectivity index (χ0v) is 15.2. The molecule has 0 unspecified atom stereocenters. The number of phenols is 1. The molecule has 2 fully saturated rings. The normalized spacial score (nSPS) is 20.0. The van der Waals surface area contributed by atoms with Crippen molar-refractivity contribution in [3.8, 4) is 11.5 Å². The predicted octanol–water partition coefficient (Wildman–Crippen LogP) is 3.88. The largest absolute Gasteiger partial charge is 0.573 e. The molecule has 1 saturated carbocycles. The molecule has 1 aliphatic heterocycles. The molecule has 0 bridgehead atoms. The molecule has 1 aromatic carbocycles. The molecular formula is C16H23Cl2F3N2O2. The highest BCUT2D eigenvalue weighted by Crippen LogP contribution is 2.45. The Morgan fingerprint density at radius 1 is 1.16 bits per heavy atom. The van der Waals surface area contributed by atoms with Gasteiger partial charge in [-0.25, -0.2) is 0 Å². The van der Waals surface area contributed by atoms with Crippen LogP contribution in [0.5, 0.6) is 11.5 Å². The summed E-state index contributed by atoms with van der Waals surface area (Å²) in [5.41, 5.74) is 0.540. The number of nitrogens with one attached hydrogen (secondary N) is 1. The third-order valence-electron chi connectivity index (χ3n) is 4.69. The lowest BCUT2D eigenvalue weighted by atomic mass is 9.76. The van der Waals surface area contributed by atoms with Crippen molar-refractivity contribution < 1.29 is 23.0 Å². The maximum absolute atomic E-state index is 12.5. The fourth-order valence-electron chi connectivity index (χ4n) is 3.43. The molecule has 1 aromatic rings. The van der Waals surface area contributed by atoms with Crippen LogP contribution in [0.15, 0.2) is 18.2 Å². The second-order valence-corrected chi connectivity index (χ2v) is 6.19. The highest BCUT2D eigenvalue weighted by Gasteiger charge is 2.36. The first-order valence-corrected chi connectivity index (χ1v) is 7.97. The van der Waals surface area contributed by atoms with Crippen LogP contribution in [0.4, 0.5) is 13.2 Å². The Hall–Kier alpha value is -0.890. The van der Waals surface area contributed by atoms with Gasteiger partial charge in [0, 0.05) is 37.8 Å². The summed E-state index contributed by atoms with van der Waals surface area (Å²) >= 11 is 0. The molecule has 1 saturated heterocycles. The molecule has 9 heteroatoms. The summed E-state index contributed by atoms with van der Waals surface area (Å²) in [6, 6.07) is 3.74. The Morgan fingerprint density at radius 3 is 2.32 bits per heavy atom. The Balaban J connectivity index is 0.00000156. The van der Waals surface area contributed by atoms with E-state index in [4.69, 9.17) is 0 Å². The van der Waals surface area contributed by atoms with Crippen LogP contribution in [0.2, 0.25) is 0 Å². The summed E-state index contributed by atoms with van der Waals surface area (Å²) in [5, 5.41) is 13.5. The van der Waals surface area contributed by atoms with Crippen molar-refractivity contribution in [2.45, 2.75) is 31.7 Å². The van der Waals surface area contributed by atoms with Crippen LogP contribution in [-0.2, 0) is 0 Å². The summed E-state index contributed by atoms with van der Waals surface area (Å²) in [7, 11) is 0. The van der Waals surface area contributed by atoms with Gasteiger partial charge in [-0.3, -0.25) is 4.90 Å². The van der Waals surface area contributed by atoms with Crippen molar-refractivity contribution in [3.05, 3.63) is 23.8 Å². The zero-order valence-electron chi connectivity index (χ0n) is 13.6. The van der Waals surface area contributed by atoms with E-state index in [1.54, 1.807) is 0 Å². The Morgan fingerprint density at radius 2 is 1.80 bits per heavy atom. The SMILES string of the molecule is Cl.Cl.Oc1ccc(OC(F)(F)F)cc1[C@@H](C1CCC1)N1CCNCC1. The average Bonchev–Trinajstić information content (AvgIpc) is 2.44. The van der Waals surface area contributed by atoms with Crippen molar-refractivity contribution in [1.29, 1.82) is 0 Å². The average molecular weight is 403 g/mol. The van der Waals surface area contributed by atoms with Crippen molar-refractivity contribution in [1.82, 2.24) is 10.2 Å². The first-order valence-electron chi connectivity index (χ1n) is 7.97. The number of nitrogens with zero attached hydrogens (tertiary/aromatic N) is 1. The van der Waals surface area contributed by atoms with Gasteiger partial charge in [0.05, 0.1) is 0 Å². The number of ether oxygens (including phenoxy) is 1. The molecule has 4 nitrogen and oxygen atoms in total. The van der Waals surface area contributed by atoms with E-state index < -0.39 is 6.36 Å². The zero-order chi connectivity index (χ0) is 16.4. The molecular weight excluding hydrogens is 380 g/mol. The van der Waals surface area contributed by atoms with Crippen molar-refractivity contribution in [3.63, 3.8) is 0 Å². The van der Waals surface area contributed by atoms with Crippen molar-refractivity contribution >= 4 is 24.8 Å². The van der Waals surface area contributed by atoms with E-state index in [2.05, 4.69) is 15.0 Å². The van der Waals surface area contributed by atoms with Gasteiger partial charge < -0.3 is 15.2 Å². The number of hydrogen-bond acceptors (Lipinski definition) is 4. The molecule has 1 heterocycles. The monoisotopic (exact) mass is 402 g/mol. The number of rotatable bonds is 4. The first kappa shape index (κ1) is 22.2. The van der Waals surface area contributed by atoms with E-state index in [-0.39, 0.29) is 42.4 Å². The quantitative estimate of drug-likeness (QED) is 0.801. The summed E-state index contributed by atoms with van der Waals surface area (Å²) < 4.78 is 41.4. The number of benzene rings is 1. The molecule has 3 rings (SSSR count). The predicted molar refractivity (Wildman–Crippen MR) is 93.8 cm³/mol. The second-order valence-electron chi connectivity index (χ2n) is 6.19. The molecule has 2 aliphatic rings. The smallest absolute Gasteiger partial charge is 0.508 e. The maximum atomic E-state index is 12.5. The molecule has 0 spiro atoms. The van der Waals surface area contributed by atoms with E-state index in [0.29, 0.717) is 11.5 Å². The topological polar surface area (TPSA) is 44.7 Å². The number of aromatic hydroxyl groups is 1. The molecule has 1 atom stereocenters. The Kier molecular flexibility index (Phi) is 8.12. The minimum absolute atomic E-state index is 0. The second kappa shape index (κ2) is 9.16. The highest BCUT2D eigenvalue weighted by molar-refractivity contribution is 5.85. The summed E-state index contributed by atoms with van der Waals surface area (Å²) in [4.78, 5) is 2.26. The number of phenolic OH excluding ortho intramolecular Hbond substituents is 1. The van der Waals surface area contributed by atoms with Gasteiger partial charge >= 0.3 is 6.36 Å². The lowest BCUT2D eigenvalue weighted by Crippen LogP contribution is -2.47. The van der Waals surface area contributed by atoms with Gasteiger partial charge in [-0.05, 0) is 37.0 Å². The molecule has 25 heavy (non-hydrogen) atoms. The van der Waals surface area contributed by atoms with Gasteiger partial charge in [0.25, 0.3) is 0 Å². The van der Waals surface area contributed by atoms with E-state index in [0.717, 1.165) is 51.5 Å². The van der Waals surface area contributed by atoms with Gasteiger partial charge in [-0.2, -0.15) is 0 Å². The van der Waals surface area contributed by atoms with Crippen molar-refractivity contribution in [2.24, 2.45) is 5.92 Å². The molecule has 1 aliphatic carbocycles. The van der Waals surface area contributed by atoms with E-state index in [9.17, 15) is 18.3 Å². The summed E-state index contributed by atoms with van der Waals surface area (Å²) in [6.45, 7) is 3.35.